The van der Waals surface area contributed by atoms with Gasteiger partial charge in [0, 0.05) is 5.39 Å². The second-order valence-corrected chi connectivity index (χ2v) is 4.15. The number of fused-ring (bicyclic) bond motifs is 1. The molecule has 0 saturated heterocycles. The third kappa shape index (κ3) is 1.76. The summed E-state index contributed by atoms with van der Waals surface area (Å²) in [7, 11) is 1.90. The van der Waals surface area contributed by atoms with E-state index in [0.29, 0.717) is 6.54 Å². The number of benzene rings is 2. The third-order valence-corrected chi connectivity index (χ3v) is 2.98. The first-order chi connectivity index (χ1) is 8.90. The first-order valence-corrected chi connectivity index (χ1v) is 5.92. The summed E-state index contributed by atoms with van der Waals surface area (Å²) in [5.74, 6) is 0.911. The summed E-state index contributed by atoms with van der Waals surface area (Å²) in [6, 6.07) is 14.6. The highest BCUT2D eigenvalue weighted by atomic mass is 15.3. The van der Waals surface area contributed by atoms with Crippen LogP contribution in [-0.2, 0) is 6.54 Å². The van der Waals surface area contributed by atoms with Crippen molar-refractivity contribution in [3.8, 4) is 5.69 Å². The Kier molecular flexibility index (Phi) is 2.78. The molecule has 1 aromatic heterocycles. The largest absolute Gasteiger partial charge is 0.313 e. The Morgan fingerprint density at radius 1 is 1.11 bits per heavy atom. The molecular weight excluding hydrogens is 224 g/mol. The van der Waals surface area contributed by atoms with Crippen molar-refractivity contribution in [1.82, 2.24) is 20.1 Å². The van der Waals surface area contributed by atoms with E-state index in [4.69, 9.17) is 0 Å². The molecule has 0 aliphatic carbocycles. The molecule has 4 nitrogen and oxygen atoms in total. The number of aromatic nitrogens is 3. The zero-order valence-electron chi connectivity index (χ0n) is 10.2. The molecule has 0 unspecified atom stereocenters. The number of hydrogen-bond acceptors (Lipinski definition) is 3. The fourth-order valence-electron chi connectivity index (χ4n) is 2.16. The lowest BCUT2D eigenvalue weighted by Crippen LogP contribution is -2.11. The molecule has 0 radical (unpaired) electrons. The van der Waals surface area contributed by atoms with Crippen LogP contribution in [0.4, 0.5) is 0 Å². The van der Waals surface area contributed by atoms with E-state index in [9.17, 15) is 0 Å². The number of nitrogens with one attached hydrogen (secondary N) is 1. The van der Waals surface area contributed by atoms with Crippen LogP contribution in [-0.4, -0.2) is 21.8 Å². The summed E-state index contributed by atoms with van der Waals surface area (Å²) in [5.41, 5.74) is 1.11. The molecule has 90 valence electrons. The molecule has 1 heterocycles. The second-order valence-electron chi connectivity index (χ2n) is 4.15. The Morgan fingerprint density at radius 2 is 1.94 bits per heavy atom. The predicted octanol–water partition coefficient (Wildman–Crippen LogP) is 2.14. The van der Waals surface area contributed by atoms with E-state index in [-0.39, 0.29) is 0 Å². The minimum Gasteiger partial charge on any atom is -0.313 e. The molecule has 0 bridgehead atoms. The Morgan fingerprint density at radius 3 is 2.83 bits per heavy atom. The van der Waals surface area contributed by atoms with Crippen molar-refractivity contribution in [3.63, 3.8) is 0 Å². The maximum absolute atomic E-state index is 4.14. The Balaban J connectivity index is 2.22. The molecule has 0 fully saturated rings. The zero-order valence-corrected chi connectivity index (χ0v) is 10.2. The fourth-order valence-corrected chi connectivity index (χ4v) is 2.16. The second kappa shape index (κ2) is 4.58. The van der Waals surface area contributed by atoms with Crippen molar-refractivity contribution in [2.24, 2.45) is 0 Å². The summed E-state index contributed by atoms with van der Waals surface area (Å²) < 4.78 is 2.03. The van der Waals surface area contributed by atoms with Gasteiger partial charge < -0.3 is 5.32 Å². The van der Waals surface area contributed by atoms with E-state index >= 15 is 0 Å². The number of nitrogens with zero attached hydrogens (tertiary/aromatic N) is 3. The molecule has 0 aliphatic rings. The van der Waals surface area contributed by atoms with Crippen LogP contribution in [0.3, 0.4) is 0 Å². The summed E-state index contributed by atoms with van der Waals surface area (Å²) in [5, 5.41) is 13.7. The molecule has 0 spiro atoms. The van der Waals surface area contributed by atoms with Gasteiger partial charge in [-0.15, -0.1) is 10.2 Å². The van der Waals surface area contributed by atoms with Gasteiger partial charge in [-0.25, -0.2) is 0 Å². The SMILES string of the molecule is CNCc1nncn1-c1cccc2ccccc12. The molecule has 4 heteroatoms. The number of rotatable bonds is 3. The van der Waals surface area contributed by atoms with Gasteiger partial charge in [0.15, 0.2) is 5.82 Å². The molecule has 2 aromatic carbocycles. The van der Waals surface area contributed by atoms with Crippen LogP contribution < -0.4 is 5.32 Å². The lowest BCUT2D eigenvalue weighted by Gasteiger charge is -2.09. The van der Waals surface area contributed by atoms with Crippen molar-refractivity contribution in [3.05, 3.63) is 54.6 Å². The van der Waals surface area contributed by atoms with Gasteiger partial charge in [-0.3, -0.25) is 4.57 Å². The molecular formula is C14H14N4. The van der Waals surface area contributed by atoms with Gasteiger partial charge in [-0.2, -0.15) is 0 Å². The van der Waals surface area contributed by atoms with Gasteiger partial charge in [0.25, 0.3) is 0 Å². The molecule has 1 N–H and O–H groups in total. The molecule has 3 aromatic rings. The highest BCUT2D eigenvalue weighted by molar-refractivity contribution is 5.90. The standard InChI is InChI=1S/C14H14N4/c1-15-9-14-17-16-10-18(14)13-8-4-6-11-5-2-3-7-12(11)13/h2-8,10,15H,9H2,1H3. The van der Waals surface area contributed by atoms with Crippen molar-refractivity contribution in [2.75, 3.05) is 7.05 Å². The zero-order chi connectivity index (χ0) is 12.4. The van der Waals surface area contributed by atoms with Crippen LogP contribution in [0.1, 0.15) is 5.82 Å². The van der Waals surface area contributed by atoms with Crippen molar-refractivity contribution in [2.45, 2.75) is 6.54 Å². The third-order valence-electron chi connectivity index (χ3n) is 2.98. The van der Waals surface area contributed by atoms with Crippen molar-refractivity contribution in [1.29, 1.82) is 0 Å². The topological polar surface area (TPSA) is 42.7 Å². The average molecular weight is 238 g/mol. The van der Waals surface area contributed by atoms with E-state index in [1.54, 1.807) is 6.33 Å². The van der Waals surface area contributed by atoms with Gasteiger partial charge in [-0.05, 0) is 18.5 Å². The van der Waals surface area contributed by atoms with E-state index < -0.39 is 0 Å². The summed E-state index contributed by atoms with van der Waals surface area (Å²) in [4.78, 5) is 0. The summed E-state index contributed by atoms with van der Waals surface area (Å²) in [6.07, 6.45) is 1.76. The van der Waals surface area contributed by atoms with E-state index in [1.165, 1.54) is 10.8 Å². The molecule has 18 heavy (non-hydrogen) atoms. The minimum absolute atomic E-state index is 0.698. The van der Waals surface area contributed by atoms with Crippen LogP contribution in [0.25, 0.3) is 16.5 Å². The monoisotopic (exact) mass is 238 g/mol. The van der Waals surface area contributed by atoms with Gasteiger partial charge >= 0.3 is 0 Å². The Labute approximate surface area is 105 Å². The Bertz CT molecular complexity index is 667. The van der Waals surface area contributed by atoms with E-state index in [1.807, 2.05) is 23.7 Å². The normalized spacial score (nSPS) is 10.9. The average Bonchev–Trinajstić information content (AvgIpc) is 2.87. The maximum Gasteiger partial charge on any atom is 0.151 e. The molecule has 0 saturated carbocycles. The lowest BCUT2D eigenvalue weighted by atomic mass is 10.1. The van der Waals surface area contributed by atoms with Crippen LogP contribution in [0.2, 0.25) is 0 Å². The molecule has 3 rings (SSSR count). The Hall–Kier alpha value is -2.20. The lowest BCUT2D eigenvalue weighted by molar-refractivity contribution is 0.738. The smallest absolute Gasteiger partial charge is 0.151 e. The first kappa shape index (κ1) is 10.9. The highest BCUT2D eigenvalue weighted by Crippen LogP contribution is 2.22. The van der Waals surface area contributed by atoms with Gasteiger partial charge in [0.05, 0.1) is 12.2 Å². The van der Waals surface area contributed by atoms with Crippen molar-refractivity contribution >= 4 is 10.8 Å². The minimum atomic E-state index is 0.698. The van der Waals surface area contributed by atoms with Crippen LogP contribution in [0.5, 0.6) is 0 Å². The van der Waals surface area contributed by atoms with Crippen molar-refractivity contribution < 1.29 is 0 Å². The van der Waals surface area contributed by atoms with Gasteiger partial charge in [0.1, 0.15) is 6.33 Å². The summed E-state index contributed by atoms with van der Waals surface area (Å²) >= 11 is 0. The molecule has 0 atom stereocenters. The van der Waals surface area contributed by atoms with E-state index in [2.05, 4.69) is 45.8 Å². The predicted molar refractivity (Wildman–Crippen MR) is 71.6 cm³/mol. The maximum atomic E-state index is 4.14. The van der Waals surface area contributed by atoms with Gasteiger partial charge in [-0.1, -0.05) is 36.4 Å². The fraction of sp³-hybridized carbons (Fsp3) is 0.143. The highest BCUT2D eigenvalue weighted by Gasteiger charge is 2.07. The number of hydrogen-bond donors (Lipinski definition) is 1. The van der Waals surface area contributed by atoms with Crippen LogP contribution in [0.15, 0.2) is 48.8 Å². The van der Waals surface area contributed by atoms with Gasteiger partial charge in [0.2, 0.25) is 0 Å². The quantitative estimate of drug-likeness (QED) is 0.760. The van der Waals surface area contributed by atoms with Crippen LogP contribution >= 0.6 is 0 Å². The van der Waals surface area contributed by atoms with Crippen LogP contribution in [0, 0.1) is 0 Å². The van der Waals surface area contributed by atoms with E-state index in [0.717, 1.165) is 11.5 Å². The first-order valence-electron chi connectivity index (χ1n) is 5.92. The molecule has 0 amide bonds. The summed E-state index contributed by atoms with van der Waals surface area (Å²) in [6.45, 7) is 0.698. The molecule has 0 aliphatic heterocycles.